The molecule has 180 valence electrons. The van der Waals surface area contributed by atoms with E-state index in [-0.39, 0.29) is 24.4 Å². The van der Waals surface area contributed by atoms with Gasteiger partial charge in [-0.3, -0.25) is 9.59 Å². The van der Waals surface area contributed by atoms with Crippen molar-refractivity contribution in [2.24, 2.45) is 0 Å². The molecule has 8 heteroatoms. The first-order chi connectivity index (χ1) is 16.1. The summed E-state index contributed by atoms with van der Waals surface area (Å²) < 4.78 is 6.14. The molecular weight excluding hydrogens is 488 g/mol. The lowest BCUT2D eigenvalue weighted by molar-refractivity contribution is -0.136. The molecule has 5 nitrogen and oxygen atoms in total. The number of carbonyl (C=O) groups excluding carboxylic acids is 2. The van der Waals surface area contributed by atoms with Crippen molar-refractivity contribution in [3.63, 3.8) is 0 Å². The molecule has 0 saturated carbocycles. The minimum atomic E-state index is -0.493. The summed E-state index contributed by atoms with van der Waals surface area (Å²) in [5.74, 6) is 0.534. The Kier molecular flexibility index (Phi) is 7.36. The Morgan fingerprint density at radius 1 is 1.18 bits per heavy atom. The van der Waals surface area contributed by atoms with Gasteiger partial charge >= 0.3 is 0 Å². The van der Waals surface area contributed by atoms with E-state index in [0.29, 0.717) is 23.1 Å². The van der Waals surface area contributed by atoms with E-state index in [1.54, 1.807) is 22.3 Å². The fraction of sp³-hybridized carbons (Fsp3) is 0.385. The van der Waals surface area contributed by atoms with E-state index in [1.165, 1.54) is 16.2 Å². The molecule has 2 amide bonds. The number of thiophene rings is 2. The first kappa shape index (κ1) is 24.8. The summed E-state index contributed by atoms with van der Waals surface area (Å²) >= 11 is 9.27. The molecule has 34 heavy (non-hydrogen) atoms. The Balaban J connectivity index is 1.55. The SMILES string of the molecule is Cc1cc(OC[C@@H]2c3ccsc3CCN2C(=O)CN(C(=O)c2cccs2)C(C)(C)C)ccc1Cl. The number of rotatable bonds is 6. The average Bonchev–Trinajstić information content (AvgIpc) is 3.48. The number of hydrogen-bond acceptors (Lipinski definition) is 5. The van der Waals surface area contributed by atoms with E-state index in [4.69, 9.17) is 16.3 Å². The molecule has 0 radical (unpaired) electrons. The molecule has 0 saturated heterocycles. The fourth-order valence-electron chi connectivity index (χ4n) is 4.13. The van der Waals surface area contributed by atoms with E-state index in [0.717, 1.165) is 23.3 Å². The smallest absolute Gasteiger partial charge is 0.264 e. The van der Waals surface area contributed by atoms with Crippen LogP contribution in [0.5, 0.6) is 5.75 Å². The lowest BCUT2D eigenvalue weighted by Crippen LogP contribution is -2.53. The van der Waals surface area contributed by atoms with Crippen LogP contribution in [0.2, 0.25) is 5.02 Å². The van der Waals surface area contributed by atoms with Crippen LogP contribution >= 0.6 is 34.3 Å². The Bertz CT molecular complexity index is 1170. The van der Waals surface area contributed by atoms with Gasteiger partial charge in [0, 0.05) is 22.0 Å². The van der Waals surface area contributed by atoms with Gasteiger partial charge in [-0.1, -0.05) is 17.7 Å². The summed E-state index contributed by atoms with van der Waals surface area (Å²) in [6, 6.07) is 11.1. The first-order valence-corrected chi connectivity index (χ1v) is 13.4. The van der Waals surface area contributed by atoms with Gasteiger partial charge in [0.25, 0.3) is 5.91 Å². The van der Waals surface area contributed by atoms with Gasteiger partial charge in [-0.05, 0) is 86.3 Å². The number of aryl methyl sites for hydroxylation is 1. The van der Waals surface area contributed by atoms with Gasteiger partial charge in [0.2, 0.25) is 5.91 Å². The van der Waals surface area contributed by atoms with Gasteiger partial charge < -0.3 is 14.5 Å². The van der Waals surface area contributed by atoms with Crippen LogP contribution in [0.15, 0.2) is 47.2 Å². The molecule has 2 aromatic heterocycles. The maximum absolute atomic E-state index is 13.6. The molecule has 3 aromatic rings. The van der Waals surface area contributed by atoms with Gasteiger partial charge in [0.05, 0.1) is 10.9 Å². The molecule has 1 aromatic carbocycles. The van der Waals surface area contributed by atoms with Crippen LogP contribution in [0.25, 0.3) is 0 Å². The van der Waals surface area contributed by atoms with Gasteiger partial charge in [-0.15, -0.1) is 22.7 Å². The number of amides is 2. The highest BCUT2D eigenvalue weighted by atomic mass is 35.5. The molecule has 0 aliphatic carbocycles. The monoisotopic (exact) mass is 516 g/mol. The summed E-state index contributed by atoms with van der Waals surface area (Å²) in [4.78, 5) is 32.3. The van der Waals surface area contributed by atoms with Gasteiger partial charge in [-0.25, -0.2) is 0 Å². The Labute approximate surface area is 213 Å². The summed E-state index contributed by atoms with van der Waals surface area (Å²) in [6.45, 7) is 8.79. The molecule has 0 fully saturated rings. The highest BCUT2D eigenvalue weighted by Gasteiger charge is 2.36. The van der Waals surface area contributed by atoms with Crippen LogP contribution in [0, 0.1) is 6.92 Å². The molecule has 1 aliphatic rings. The number of benzene rings is 1. The van der Waals surface area contributed by atoms with Crippen molar-refractivity contribution in [3.8, 4) is 5.75 Å². The molecule has 0 N–H and O–H groups in total. The lowest BCUT2D eigenvalue weighted by atomic mass is 9.99. The third kappa shape index (κ3) is 5.32. The van der Waals surface area contributed by atoms with E-state index in [1.807, 2.05) is 62.2 Å². The van der Waals surface area contributed by atoms with E-state index < -0.39 is 5.54 Å². The van der Waals surface area contributed by atoms with E-state index in [2.05, 4.69) is 11.4 Å². The minimum Gasteiger partial charge on any atom is -0.491 e. The van der Waals surface area contributed by atoms with Crippen molar-refractivity contribution < 1.29 is 14.3 Å². The molecule has 1 atom stereocenters. The van der Waals surface area contributed by atoms with E-state index >= 15 is 0 Å². The normalized spacial score (nSPS) is 15.7. The molecule has 0 spiro atoms. The average molecular weight is 517 g/mol. The molecule has 0 unspecified atom stereocenters. The predicted octanol–water partition coefficient (Wildman–Crippen LogP) is 6.22. The van der Waals surface area contributed by atoms with Crippen LogP contribution in [-0.2, 0) is 11.2 Å². The van der Waals surface area contributed by atoms with Crippen LogP contribution in [0.4, 0.5) is 0 Å². The number of carbonyl (C=O) groups is 2. The second kappa shape index (κ2) is 10.1. The summed E-state index contributed by atoms with van der Waals surface area (Å²) in [7, 11) is 0. The van der Waals surface area contributed by atoms with Crippen LogP contribution in [0.3, 0.4) is 0 Å². The third-order valence-corrected chi connectivity index (χ3v) is 8.31. The number of halogens is 1. The standard InChI is InChI=1S/C26H29ClN2O3S2/c1-17-14-18(7-8-20(17)27)32-16-21-19-10-13-34-22(19)9-11-28(21)24(30)15-29(26(2,3)4)25(31)23-6-5-12-33-23/h5-8,10,12-14,21H,9,11,15-16H2,1-4H3/t21-/m1/s1. The maximum atomic E-state index is 13.6. The fourth-order valence-corrected chi connectivity index (χ4v) is 5.85. The zero-order valence-corrected chi connectivity index (χ0v) is 22.2. The second-order valence-electron chi connectivity index (χ2n) is 9.41. The van der Waals surface area contributed by atoms with Crippen molar-refractivity contribution in [3.05, 3.63) is 73.1 Å². The van der Waals surface area contributed by atoms with Crippen molar-refractivity contribution in [1.82, 2.24) is 9.80 Å². The largest absolute Gasteiger partial charge is 0.491 e. The summed E-state index contributed by atoms with van der Waals surface area (Å²) in [5.41, 5.74) is 1.58. The Morgan fingerprint density at radius 2 is 1.97 bits per heavy atom. The van der Waals surface area contributed by atoms with Crippen LogP contribution < -0.4 is 4.74 Å². The first-order valence-electron chi connectivity index (χ1n) is 11.3. The highest BCUT2D eigenvalue weighted by molar-refractivity contribution is 7.12. The number of fused-ring (bicyclic) bond motifs is 1. The predicted molar refractivity (Wildman–Crippen MR) is 139 cm³/mol. The minimum absolute atomic E-state index is 0.0241. The van der Waals surface area contributed by atoms with Crippen molar-refractivity contribution in [1.29, 1.82) is 0 Å². The number of ether oxygens (including phenoxy) is 1. The van der Waals surface area contributed by atoms with Crippen LogP contribution in [-0.4, -0.2) is 46.8 Å². The van der Waals surface area contributed by atoms with Crippen molar-refractivity contribution in [2.75, 3.05) is 19.7 Å². The summed E-state index contributed by atoms with van der Waals surface area (Å²) in [5, 5.41) is 4.64. The molecule has 3 heterocycles. The van der Waals surface area contributed by atoms with E-state index in [9.17, 15) is 9.59 Å². The molecule has 4 rings (SSSR count). The van der Waals surface area contributed by atoms with Gasteiger partial charge in [-0.2, -0.15) is 0 Å². The zero-order valence-electron chi connectivity index (χ0n) is 19.8. The maximum Gasteiger partial charge on any atom is 0.264 e. The second-order valence-corrected chi connectivity index (χ2v) is 11.8. The Hall–Kier alpha value is -2.35. The van der Waals surface area contributed by atoms with Crippen LogP contribution in [0.1, 0.15) is 52.5 Å². The van der Waals surface area contributed by atoms with Gasteiger partial charge in [0.1, 0.15) is 18.9 Å². The topological polar surface area (TPSA) is 49.9 Å². The third-order valence-electron chi connectivity index (χ3n) is 6.03. The lowest BCUT2D eigenvalue weighted by Gasteiger charge is -2.40. The molecular formula is C26H29ClN2O3S2. The van der Waals surface area contributed by atoms with Crippen molar-refractivity contribution in [2.45, 2.75) is 45.7 Å². The van der Waals surface area contributed by atoms with Crippen molar-refractivity contribution >= 4 is 46.1 Å². The quantitative estimate of drug-likeness (QED) is 0.391. The zero-order chi connectivity index (χ0) is 24.5. The van der Waals surface area contributed by atoms with Gasteiger partial charge in [0.15, 0.2) is 0 Å². The molecule has 1 aliphatic heterocycles. The number of nitrogens with zero attached hydrogens (tertiary/aromatic N) is 2. The summed E-state index contributed by atoms with van der Waals surface area (Å²) in [6.07, 6.45) is 0.809. The molecule has 0 bridgehead atoms. The highest BCUT2D eigenvalue weighted by Crippen LogP contribution is 2.34. The number of hydrogen-bond donors (Lipinski definition) is 0. The Morgan fingerprint density at radius 3 is 2.65 bits per heavy atom.